The van der Waals surface area contributed by atoms with Crippen molar-refractivity contribution < 1.29 is 4.74 Å². The summed E-state index contributed by atoms with van der Waals surface area (Å²) in [6.07, 6.45) is 8.25. The number of nitrogens with one attached hydrogen (secondary N) is 3. The number of aromatic nitrogens is 5. The van der Waals surface area contributed by atoms with E-state index >= 15 is 0 Å². The standard InChI is InChI=1S/C25H26N8O/c1-16(2)18-10-24(33-30-15-18)32-23-7-6-21-22(31-23)9-19(14-29-21)20(11-26)13-27-12-17-5-4-8-28-25(17)34-3/h4-11,13-16,26-27H,12H2,1-3H3,(H,31,32,33)/b20-13+,26-11?. The second kappa shape index (κ2) is 10.5. The lowest BCUT2D eigenvalue weighted by Gasteiger charge is -2.10. The van der Waals surface area contributed by atoms with Crippen LogP contribution in [0.15, 0.2) is 61.2 Å². The molecule has 9 nitrogen and oxygen atoms in total. The molecular weight excluding hydrogens is 428 g/mol. The van der Waals surface area contributed by atoms with Crippen molar-refractivity contribution in [1.29, 1.82) is 5.41 Å². The van der Waals surface area contributed by atoms with Crippen molar-refractivity contribution in [2.45, 2.75) is 26.3 Å². The number of hydrogen-bond acceptors (Lipinski definition) is 9. The lowest BCUT2D eigenvalue weighted by Crippen LogP contribution is -2.08. The average Bonchev–Trinajstić information content (AvgIpc) is 2.86. The predicted octanol–water partition coefficient (Wildman–Crippen LogP) is 4.47. The Bertz CT molecular complexity index is 1340. The Hall–Kier alpha value is -4.40. The van der Waals surface area contributed by atoms with E-state index in [0.717, 1.165) is 22.2 Å². The zero-order valence-electron chi connectivity index (χ0n) is 19.3. The van der Waals surface area contributed by atoms with Gasteiger partial charge < -0.3 is 20.8 Å². The lowest BCUT2D eigenvalue weighted by atomic mass is 10.1. The van der Waals surface area contributed by atoms with E-state index in [9.17, 15) is 0 Å². The second-order valence-corrected chi connectivity index (χ2v) is 7.91. The minimum absolute atomic E-state index is 0.353. The quantitative estimate of drug-likeness (QED) is 0.317. The Morgan fingerprint density at radius 3 is 2.76 bits per heavy atom. The minimum atomic E-state index is 0.353. The van der Waals surface area contributed by atoms with Crippen molar-refractivity contribution in [3.05, 3.63) is 77.9 Å². The maximum atomic E-state index is 7.87. The van der Waals surface area contributed by atoms with E-state index in [1.54, 1.807) is 31.9 Å². The van der Waals surface area contributed by atoms with Gasteiger partial charge in [-0.2, -0.15) is 5.10 Å². The second-order valence-electron chi connectivity index (χ2n) is 7.91. The van der Waals surface area contributed by atoms with Gasteiger partial charge in [-0.05, 0) is 41.8 Å². The fourth-order valence-electron chi connectivity index (χ4n) is 3.35. The van der Waals surface area contributed by atoms with Gasteiger partial charge in [0, 0.05) is 48.1 Å². The fourth-order valence-corrected chi connectivity index (χ4v) is 3.35. The largest absolute Gasteiger partial charge is 0.481 e. The number of pyridine rings is 3. The van der Waals surface area contributed by atoms with Crippen LogP contribution in [0.25, 0.3) is 16.6 Å². The van der Waals surface area contributed by atoms with E-state index in [-0.39, 0.29) is 0 Å². The van der Waals surface area contributed by atoms with Crippen LogP contribution in [0.1, 0.15) is 36.5 Å². The number of methoxy groups -OCH3 is 1. The third kappa shape index (κ3) is 5.32. The summed E-state index contributed by atoms with van der Waals surface area (Å²) in [7, 11) is 1.59. The van der Waals surface area contributed by atoms with Gasteiger partial charge in [0.2, 0.25) is 5.88 Å². The minimum Gasteiger partial charge on any atom is -0.481 e. The third-order valence-corrected chi connectivity index (χ3v) is 5.22. The summed E-state index contributed by atoms with van der Waals surface area (Å²) in [6, 6.07) is 11.4. The van der Waals surface area contributed by atoms with Gasteiger partial charge in [0.1, 0.15) is 5.82 Å². The van der Waals surface area contributed by atoms with Crippen LogP contribution in [0.2, 0.25) is 0 Å². The van der Waals surface area contributed by atoms with Crippen molar-refractivity contribution in [1.82, 2.24) is 30.5 Å². The van der Waals surface area contributed by atoms with Crippen molar-refractivity contribution >= 4 is 34.5 Å². The predicted molar refractivity (Wildman–Crippen MR) is 133 cm³/mol. The summed E-state index contributed by atoms with van der Waals surface area (Å²) >= 11 is 0. The molecule has 0 saturated carbocycles. The number of rotatable bonds is 9. The van der Waals surface area contributed by atoms with Gasteiger partial charge in [0.15, 0.2) is 5.82 Å². The highest BCUT2D eigenvalue weighted by atomic mass is 16.5. The molecule has 0 radical (unpaired) electrons. The van der Waals surface area contributed by atoms with E-state index in [0.29, 0.717) is 41.1 Å². The molecule has 0 saturated heterocycles. The molecule has 0 amide bonds. The zero-order chi connectivity index (χ0) is 23.9. The first-order valence-corrected chi connectivity index (χ1v) is 10.9. The maximum absolute atomic E-state index is 7.87. The van der Waals surface area contributed by atoms with Crippen LogP contribution in [-0.2, 0) is 6.54 Å². The monoisotopic (exact) mass is 454 g/mol. The molecule has 0 aliphatic heterocycles. The van der Waals surface area contributed by atoms with Crippen LogP contribution < -0.4 is 15.4 Å². The number of ether oxygens (including phenoxy) is 1. The van der Waals surface area contributed by atoms with Gasteiger partial charge in [0.05, 0.1) is 24.3 Å². The summed E-state index contributed by atoms with van der Waals surface area (Å²) in [4.78, 5) is 13.4. The molecule has 0 aromatic carbocycles. The molecule has 0 spiro atoms. The molecule has 4 aromatic heterocycles. The summed E-state index contributed by atoms with van der Waals surface area (Å²) in [5, 5.41) is 22.5. The first-order valence-electron chi connectivity index (χ1n) is 10.9. The van der Waals surface area contributed by atoms with Crippen LogP contribution >= 0.6 is 0 Å². The summed E-state index contributed by atoms with van der Waals surface area (Å²) in [6.45, 7) is 4.73. The van der Waals surface area contributed by atoms with Gasteiger partial charge in [-0.25, -0.2) is 9.97 Å². The number of allylic oxidation sites excluding steroid dienone is 1. The van der Waals surface area contributed by atoms with Crippen LogP contribution in [0, 0.1) is 5.41 Å². The molecule has 34 heavy (non-hydrogen) atoms. The first kappa shape index (κ1) is 22.8. The summed E-state index contributed by atoms with van der Waals surface area (Å²) < 4.78 is 5.28. The first-order chi connectivity index (χ1) is 16.6. The van der Waals surface area contributed by atoms with Crippen molar-refractivity contribution in [3.8, 4) is 5.88 Å². The van der Waals surface area contributed by atoms with Gasteiger partial charge in [-0.15, -0.1) is 5.10 Å². The number of anilines is 2. The number of hydrogen-bond donors (Lipinski definition) is 3. The molecule has 3 N–H and O–H groups in total. The van der Waals surface area contributed by atoms with E-state index in [1.165, 1.54) is 6.21 Å². The normalized spacial score (nSPS) is 11.5. The molecule has 0 atom stereocenters. The van der Waals surface area contributed by atoms with Crippen LogP contribution in [0.5, 0.6) is 5.88 Å². The third-order valence-electron chi connectivity index (χ3n) is 5.22. The van der Waals surface area contributed by atoms with Crippen molar-refractivity contribution in [2.75, 3.05) is 12.4 Å². The Labute approximate surface area is 197 Å². The summed E-state index contributed by atoms with van der Waals surface area (Å²) in [5.41, 5.74) is 4.93. The highest BCUT2D eigenvalue weighted by Crippen LogP contribution is 2.22. The molecule has 9 heteroatoms. The Balaban J connectivity index is 1.54. The van der Waals surface area contributed by atoms with E-state index in [4.69, 9.17) is 10.1 Å². The molecule has 172 valence electrons. The molecular formula is C25H26N8O. The van der Waals surface area contributed by atoms with E-state index in [1.807, 2.05) is 36.4 Å². The van der Waals surface area contributed by atoms with Gasteiger partial charge in [0.25, 0.3) is 0 Å². The van der Waals surface area contributed by atoms with Gasteiger partial charge in [-0.3, -0.25) is 4.98 Å². The van der Waals surface area contributed by atoms with Crippen LogP contribution in [-0.4, -0.2) is 38.5 Å². The smallest absolute Gasteiger partial charge is 0.218 e. The molecule has 4 aromatic rings. The molecule has 4 heterocycles. The zero-order valence-corrected chi connectivity index (χ0v) is 19.3. The highest BCUT2D eigenvalue weighted by molar-refractivity contribution is 6.08. The average molecular weight is 455 g/mol. The Morgan fingerprint density at radius 2 is 1.97 bits per heavy atom. The molecule has 0 unspecified atom stereocenters. The van der Waals surface area contributed by atoms with Crippen LogP contribution in [0.3, 0.4) is 0 Å². The van der Waals surface area contributed by atoms with E-state index in [2.05, 4.69) is 49.6 Å². The molecule has 4 rings (SSSR count). The molecule has 0 bridgehead atoms. The lowest BCUT2D eigenvalue weighted by molar-refractivity contribution is 0.391. The maximum Gasteiger partial charge on any atom is 0.218 e. The number of fused-ring (bicyclic) bond motifs is 1. The fraction of sp³-hybridized carbons (Fsp3) is 0.200. The van der Waals surface area contributed by atoms with Crippen LogP contribution in [0.4, 0.5) is 11.6 Å². The topological polar surface area (TPSA) is 122 Å². The highest BCUT2D eigenvalue weighted by Gasteiger charge is 2.08. The SMILES string of the molecule is COc1ncccc1CN/C=C(\C=N)c1cnc2ccc(Nc3cc(C(C)C)cnn3)nc2c1. The molecule has 0 aliphatic carbocycles. The van der Waals surface area contributed by atoms with Gasteiger partial charge >= 0.3 is 0 Å². The summed E-state index contributed by atoms with van der Waals surface area (Å²) in [5.74, 6) is 2.20. The Morgan fingerprint density at radius 1 is 1.09 bits per heavy atom. The van der Waals surface area contributed by atoms with Crippen molar-refractivity contribution in [3.63, 3.8) is 0 Å². The van der Waals surface area contributed by atoms with Crippen molar-refractivity contribution in [2.24, 2.45) is 0 Å². The van der Waals surface area contributed by atoms with E-state index < -0.39 is 0 Å². The number of nitrogens with zero attached hydrogens (tertiary/aromatic N) is 5. The van der Waals surface area contributed by atoms with Gasteiger partial charge in [-0.1, -0.05) is 19.9 Å². The Kier molecular flexibility index (Phi) is 7.02. The molecule has 0 fully saturated rings. The molecule has 0 aliphatic rings.